The maximum absolute atomic E-state index is 12.5. The average molecular weight is 542 g/mol. The van der Waals surface area contributed by atoms with E-state index in [1.54, 1.807) is 12.3 Å². The number of fused-ring (bicyclic) bond motifs is 1. The predicted octanol–water partition coefficient (Wildman–Crippen LogP) is 6.95. The summed E-state index contributed by atoms with van der Waals surface area (Å²) in [6.07, 6.45) is 1.65. The van der Waals surface area contributed by atoms with Crippen LogP contribution in [0.4, 0.5) is 0 Å². The maximum Gasteiger partial charge on any atom is 0.307 e. The zero-order chi connectivity index (χ0) is 25.1. The van der Waals surface area contributed by atoms with Crippen LogP contribution in [0.15, 0.2) is 98.9 Å². The molecule has 5 aromatic rings. The van der Waals surface area contributed by atoms with Gasteiger partial charge in [-0.15, -0.1) is 0 Å². The molecule has 0 radical (unpaired) electrons. The molecule has 0 aliphatic carbocycles. The topological polar surface area (TPSA) is 68.8 Å². The fourth-order valence-corrected chi connectivity index (χ4v) is 4.47. The van der Waals surface area contributed by atoms with Crippen molar-refractivity contribution in [3.63, 3.8) is 0 Å². The molecule has 6 nitrogen and oxygen atoms in total. The number of hydrogen-bond donors (Lipinski definition) is 1. The quantitative estimate of drug-likeness (QED) is 0.179. The standard InChI is InChI=1S/C29H24BrN3O3/c1-19-14-23(17-31-32-29(34)28-16-22-15-24(30)8-13-27(22)36-28)20(2)33(19)25-9-11-26(12-10-25)35-18-21-6-4-3-5-7-21/h3-17H,18H2,1-2H3,(H,32,34)/b31-17+. The third kappa shape index (κ3) is 5.11. The van der Waals surface area contributed by atoms with Gasteiger partial charge in [-0.3, -0.25) is 4.79 Å². The molecule has 0 saturated carbocycles. The molecule has 1 N–H and O–H groups in total. The molecule has 0 atom stereocenters. The molecule has 0 aliphatic heterocycles. The molecule has 3 aromatic carbocycles. The number of hydrazone groups is 1. The number of furan rings is 1. The molecule has 0 spiro atoms. The first-order valence-electron chi connectivity index (χ1n) is 11.5. The Labute approximate surface area is 217 Å². The molecule has 0 fully saturated rings. The maximum atomic E-state index is 12.5. The molecule has 2 heterocycles. The van der Waals surface area contributed by atoms with Gasteiger partial charge in [0.1, 0.15) is 17.9 Å². The average Bonchev–Trinajstić information content (AvgIpc) is 3.43. The van der Waals surface area contributed by atoms with Gasteiger partial charge >= 0.3 is 5.91 Å². The van der Waals surface area contributed by atoms with Crippen molar-refractivity contribution in [2.75, 3.05) is 0 Å². The zero-order valence-electron chi connectivity index (χ0n) is 19.9. The molecule has 0 saturated heterocycles. The Morgan fingerprint density at radius 1 is 1.03 bits per heavy atom. The summed E-state index contributed by atoms with van der Waals surface area (Å²) in [5, 5.41) is 5.00. The van der Waals surface area contributed by atoms with Gasteiger partial charge in [-0.1, -0.05) is 46.3 Å². The van der Waals surface area contributed by atoms with Crippen LogP contribution in [0.5, 0.6) is 5.75 Å². The number of amides is 1. The lowest BCUT2D eigenvalue weighted by atomic mass is 10.2. The van der Waals surface area contributed by atoms with Gasteiger partial charge in [0.05, 0.1) is 6.21 Å². The number of benzene rings is 3. The highest BCUT2D eigenvalue weighted by Gasteiger charge is 2.13. The highest BCUT2D eigenvalue weighted by atomic mass is 79.9. The van der Waals surface area contributed by atoms with E-state index in [1.807, 2.05) is 92.7 Å². The van der Waals surface area contributed by atoms with Gasteiger partial charge in [0, 0.05) is 32.5 Å². The minimum atomic E-state index is -0.404. The monoisotopic (exact) mass is 541 g/mol. The number of nitrogens with zero attached hydrogens (tertiary/aromatic N) is 2. The van der Waals surface area contributed by atoms with Crippen molar-refractivity contribution in [2.24, 2.45) is 5.10 Å². The Balaban J connectivity index is 1.26. The normalized spacial score (nSPS) is 11.3. The van der Waals surface area contributed by atoms with Crippen LogP contribution in [0.3, 0.4) is 0 Å². The second-order valence-corrected chi connectivity index (χ2v) is 9.34. The van der Waals surface area contributed by atoms with E-state index in [-0.39, 0.29) is 5.76 Å². The molecule has 2 aromatic heterocycles. The van der Waals surface area contributed by atoms with Gasteiger partial charge in [0.25, 0.3) is 0 Å². The Bertz CT molecular complexity index is 1550. The summed E-state index contributed by atoms with van der Waals surface area (Å²) in [5.74, 6) is 0.617. The van der Waals surface area contributed by atoms with E-state index in [1.165, 1.54) is 0 Å². The molecular weight excluding hydrogens is 518 g/mol. The van der Waals surface area contributed by atoms with Gasteiger partial charge in [0.2, 0.25) is 0 Å². The van der Waals surface area contributed by atoms with E-state index in [0.29, 0.717) is 12.2 Å². The van der Waals surface area contributed by atoms with E-state index in [4.69, 9.17) is 9.15 Å². The van der Waals surface area contributed by atoms with Crippen molar-refractivity contribution in [2.45, 2.75) is 20.5 Å². The van der Waals surface area contributed by atoms with Crippen LogP contribution < -0.4 is 10.2 Å². The Morgan fingerprint density at radius 3 is 2.58 bits per heavy atom. The van der Waals surface area contributed by atoms with Crippen molar-refractivity contribution < 1.29 is 13.9 Å². The molecule has 0 unspecified atom stereocenters. The van der Waals surface area contributed by atoms with Crippen molar-refractivity contribution in [3.05, 3.63) is 118 Å². The summed E-state index contributed by atoms with van der Waals surface area (Å²) < 4.78 is 14.6. The summed E-state index contributed by atoms with van der Waals surface area (Å²) in [6, 6.07) is 27.4. The number of hydrogen-bond acceptors (Lipinski definition) is 4. The molecule has 36 heavy (non-hydrogen) atoms. The van der Waals surface area contributed by atoms with Crippen LogP contribution in [-0.4, -0.2) is 16.7 Å². The first-order chi connectivity index (χ1) is 17.5. The SMILES string of the molecule is Cc1cc(/C=N/NC(=O)c2cc3cc(Br)ccc3o2)c(C)n1-c1ccc(OCc2ccccc2)cc1. The van der Waals surface area contributed by atoms with Gasteiger partial charge in [-0.05, 0) is 74.0 Å². The summed E-state index contributed by atoms with van der Waals surface area (Å²) >= 11 is 3.42. The lowest BCUT2D eigenvalue weighted by Crippen LogP contribution is -2.16. The second-order valence-electron chi connectivity index (χ2n) is 8.42. The smallest absolute Gasteiger partial charge is 0.307 e. The van der Waals surface area contributed by atoms with E-state index >= 15 is 0 Å². The molecular formula is C29H24BrN3O3. The highest BCUT2D eigenvalue weighted by molar-refractivity contribution is 9.10. The fraction of sp³-hybridized carbons (Fsp3) is 0.103. The van der Waals surface area contributed by atoms with Crippen molar-refractivity contribution >= 4 is 39.0 Å². The Hall–Kier alpha value is -4.10. The number of aromatic nitrogens is 1. The number of carbonyl (C=O) groups is 1. The molecule has 7 heteroatoms. The molecule has 1 amide bonds. The van der Waals surface area contributed by atoms with E-state index < -0.39 is 5.91 Å². The lowest BCUT2D eigenvalue weighted by molar-refractivity contribution is 0.0929. The number of rotatable bonds is 7. The fourth-order valence-electron chi connectivity index (χ4n) is 4.09. The minimum absolute atomic E-state index is 0.209. The largest absolute Gasteiger partial charge is 0.489 e. The predicted molar refractivity (Wildman–Crippen MR) is 145 cm³/mol. The number of nitrogens with one attached hydrogen (secondary N) is 1. The van der Waals surface area contributed by atoms with Gasteiger partial charge in [-0.25, -0.2) is 5.43 Å². The lowest BCUT2D eigenvalue weighted by Gasteiger charge is -2.11. The highest BCUT2D eigenvalue weighted by Crippen LogP contribution is 2.24. The molecule has 0 aliphatic rings. The van der Waals surface area contributed by atoms with Crippen LogP contribution >= 0.6 is 15.9 Å². The number of halogens is 1. The molecule has 0 bridgehead atoms. The van der Waals surface area contributed by atoms with E-state index in [9.17, 15) is 4.79 Å². The van der Waals surface area contributed by atoms with E-state index in [2.05, 4.69) is 31.0 Å². The second kappa shape index (κ2) is 10.3. The van der Waals surface area contributed by atoms with Gasteiger partial charge in [0.15, 0.2) is 5.76 Å². The van der Waals surface area contributed by atoms with Crippen molar-refractivity contribution in [1.29, 1.82) is 0 Å². The number of ether oxygens (including phenoxy) is 1. The van der Waals surface area contributed by atoms with Crippen LogP contribution in [0, 0.1) is 13.8 Å². The Kier molecular flexibility index (Phi) is 6.73. The van der Waals surface area contributed by atoms with Crippen LogP contribution in [-0.2, 0) is 6.61 Å². The zero-order valence-corrected chi connectivity index (χ0v) is 21.5. The van der Waals surface area contributed by atoms with Crippen molar-refractivity contribution in [1.82, 2.24) is 9.99 Å². The Morgan fingerprint density at radius 2 is 1.81 bits per heavy atom. The van der Waals surface area contributed by atoms with Gasteiger partial charge in [-0.2, -0.15) is 5.10 Å². The molecule has 5 rings (SSSR count). The first-order valence-corrected chi connectivity index (χ1v) is 12.3. The van der Waals surface area contributed by atoms with Crippen LogP contribution in [0.1, 0.15) is 33.1 Å². The summed E-state index contributed by atoms with van der Waals surface area (Å²) in [4.78, 5) is 12.5. The van der Waals surface area contributed by atoms with E-state index in [0.717, 1.165) is 43.8 Å². The minimum Gasteiger partial charge on any atom is -0.489 e. The summed E-state index contributed by atoms with van der Waals surface area (Å²) in [6.45, 7) is 4.59. The summed E-state index contributed by atoms with van der Waals surface area (Å²) in [7, 11) is 0. The number of aryl methyl sites for hydroxylation is 1. The van der Waals surface area contributed by atoms with Crippen LogP contribution in [0.2, 0.25) is 0 Å². The van der Waals surface area contributed by atoms with Crippen molar-refractivity contribution in [3.8, 4) is 11.4 Å². The summed E-state index contributed by atoms with van der Waals surface area (Å²) in [5.41, 5.74) is 8.32. The first kappa shape index (κ1) is 23.6. The number of carbonyl (C=O) groups excluding carboxylic acids is 1. The molecule has 180 valence electrons. The third-order valence-corrected chi connectivity index (χ3v) is 6.38. The third-order valence-electron chi connectivity index (χ3n) is 5.89. The van der Waals surface area contributed by atoms with Gasteiger partial charge < -0.3 is 13.7 Å². The van der Waals surface area contributed by atoms with Crippen LogP contribution in [0.25, 0.3) is 16.7 Å².